The molecule has 3 rings (SSSR count). The number of benzene rings is 2. The molecule has 0 aliphatic carbocycles. The topological polar surface area (TPSA) is 40.5 Å². The molecule has 0 bridgehead atoms. The maximum Gasteiger partial charge on any atom is 0.258 e. The standard InChI is InChI=1S/C16H15NO2/c1-11-10-13-4-2-3-5-15(13)17(11)16(19)12-6-8-14(18)9-7-12/h2-9,11,18H,10H2,1H3. The van der Waals surface area contributed by atoms with Crippen LogP contribution < -0.4 is 4.90 Å². The van der Waals surface area contributed by atoms with Gasteiger partial charge >= 0.3 is 0 Å². The first kappa shape index (κ1) is 11.8. The van der Waals surface area contributed by atoms with Crippen molar-refractivity contribution in [2.75, 3.05) is 4.90 Å². The Hall–Kier alpha value is -2.29. The van der Waals surface area contributed by atoms with E-state index in [4.69, 9.17) is 0 Å². The Morgan fingerprint density at radius 3 is 2.58 bits per heavy atom. The summed E-state index contributed by atoms with van der Waals surface area (Å²) in [5, 5.41) is 9.29. The Morgan fingerprint density at radius 1 is 1.16 bits per heavy atom. The van der Waals surface area contributed by atoms with Crippen LogP contribution in [0, 0.1) is 0 Å². The lowest BCUT2D eigenvalue weighted by atomic mass is 10.1. The molecule has 0 radical (unpaired) electrons. The number of para-hydroxylation sites is 1. The minimum absolute atomic E-state index is 0.0162. The first-order valence-corrected chi connectivity index (χ1v) is 6.37. The van der Waals surface area contributed by atoms with Crippen molar-refractivity contribution in [3.63, 3.8) is 0 Å². The molecule has 0 fully saturated rings. The number of hydrogen-bond donors (Lipinski definition) is 1. The zero-order valence-corrected chi connectivity index (χ0v) is 10.7. The lowest BCUT2D eigenvalue weighted by Gasteiger charge is -2.22. The molecule has 1 atom stereocenters. The summed E-state index contributed by atoms with van der Waals surface area (Å²) in [5.41, 5.74) is 2.80. The number of hydrogen-bond acceptors (Lipinski definition) is 2. The summed E-state index contributed by atoms with van der Waals surface area (Å²) in [5.74, 6) is 0.156. The summed E-state index contributed by atoms with van der Waals surface area (Å²) < 4.78 is 0. The second-order valence-electron chi connectivity index (χ2n) is 4.90. The number of phenolic OH excluding ortho intramolecular Hbond substituents is 1. The van der Waals surface area contributed by atoms with Gasteiger partial charge in [-0.3, -0.25) is 4.79 Å². The number of carbonyl (C=O) groups is 1. The fourth-order valence-corrected chi connectivity index (χ4v) is 2.62. The van der Waals surface area contributed by atoms with E-state index in [1.165, 1.54) is 5.56 Å². The van der Waals surface area contributed by atoms with Crippen LogP contribution in [0.2, 0.25) is 0 Å². The molecule has 2 aromatic rings. The second kappa shape index (κ2) is 4.43. The van der Waals surface area contributed by atoms with E-state index in [1.807, 2.05) is 23.1 Å². The van der Waals surface area contributed by atoms with Gasteiger partial charge in [0.2, 0.25) is 0 Å². The Balaban J connectivity index is 1.98. The van der Waals surface area contributed by atoms with Gasteiger partial charge in [0.15, 0.2) is 0 Å². The number of phenols is 1. The van der Waals surface area contributed by atoms with Gasteiger partial charge in [-0.15, -0.1) is 0 Å². The molecule has 0 aromatic heterocycles. The molecule has 1 heterocycles. The second-order valence-corrected chi connectivity index (χ2v) is 4.90. The highest BCUT2D eigenvalue weighted by Gasteiger charge is 2.30. The summed E-state index contributed by atoms with van der Waals surface area (Å²) >= 11 is 0. The molecule has 1 unspecified atom stereocenters. The molecule has 0 saturated heterocycles. The lowest BCUT2D eigenvalue weighted by molar-refractivity contribution is 0.0981. The maximum absolute atomic E-state index is 12.6. The van der Waals surface area contributed by atoms with Crippen molar-refractivity contribution in [1.82, 2.24) is 0 Å². The zero-order chi connectivity index (χ0) is 13.4. The summed E-state index contributed by atoms with van der Waals surface area (Å²) in [6.45, 7) is 2.05. The van der Waals surface area contributed by atoms with E-state index in [0.29, 0.717) is 5.56 Å². The molecule has 96 valence electrons. The minimum Gasteiger partial charge on any atom is -0.508 e. The number of carbonyl (C=O) groups excluding carboxylic acids is 1. The van der Waals surface area contributed by atoms with Gasteiger partial charge in [0.1, 0.15) is 5.75 Å². The number of rotatable bonds is 1. The smallest absolute Gasteiger partial charge is 0.258 e. The third kappa shape index (κ3) is 1.97. The van der Waals surface area contributed by atoms with Crippen molar-refractivity contribution in [3.8, 4) is 5.75 Å². The highest BCUT2D eigenvalue weighted by Crippen LogP contribution is 2.33. The highest BCUT2D eigenvalue weighted by molar-refractivity contribution is 6.07. The third-order valence-corrected chi connectivity index (χ3v) is 3.54. The van der Waals surface area contributed by atoms with E-state index < -0.39 is 0 Å². The molecule has 0 spiro atoms. The first-order chi connectivity index (χ1) is 9.16. The summed E-state index contributed by atoms with van der Waals surface area (Å²) in [6.07, 6.45) is 0.889. The summed E-state index contributed by atoms with van der Waals surface area (Å²) in [4.78, 5) is 14.4. The molecular weight excluding hydrogens is 238 g/mol. The van der Waals surface area contributed by atoms with Crippen LogP contribution in [0.25, 0.3) is 0 Å². The van der Waals surface area contributed by atoms with Crippen LogP contribution in [0.5, 0.6) is 5.75 Å². The van der Waals surface area contributed by atoms with Crippen molar-refractivity contribution >= 4 is 11.6 Å². The first-order valence-electron chi connectivity index (χ1n) is 6.37. The van der Waals surface area contributed by atoms with Crippen LogP contribution >= 0.6 is 0 Å². The summed E-state index contributed by atoms with van der Waals surface area (Å²) in [7, 11) is 0. The number of aromatic hydroxyl groups is 1. The van der Waals surface area contributed by atoms with Gasteiger partial charge in [-0.05, 0) is 49.2 Å². The number of nitrogens with zero attached hydrogens (tertiary/aromatic N) is 1. The number of amides is 1. The Labute approximate surface area is 112 Å². The minimum atomic E-state index is -0.0162. The Bertz CT molecular complexity index is 619. The molecule has 0 saturated carbocycles. The van der Waals surface area contributed by atoms with Gasteiger partial charge in [0, 0.05) is 17.3 Å². The predicted molar refractivity (Wildman–Crippen MR) is 74.5 cm³/mol. The Morgan fingerprint density at radius 2 is 1.84 bits per heavy atom. The molecule has 1 aliphatic heterocycles. The fourth-order valence-electron chi connectivity index (χ4n) is 2.62. The van der Waals surface area contributed by atoms with Crippen LogP contribution in [0.4, 0.5) is 5.69 Å². The van der Waals surface area contributed by atoms with Crippen LogP contribution in [0.1, 0.15) is 22.8 Å². The molecule has 3 heteroatoms. The lowest BCUT2D eigenvalue weighted by Crippen LogP contribution is -2.35. The molecule has 1 N–H and O–H groups in total. The van der Waals surface area contributed by atoms with Crippen LogP contribution in [0.3, 0.4) is 0 Å². The molecule has 1 aliphatic rings. The molecule has 19 heavy (non-hydrogen) atoms. The highest BCUT2D eigenvalue weighted by atomic mass is 16.3. The average molecular weight is 253 g/mol. The van der Waals surface area contributed by atoms with E-state index in [1.54, 1.807) is 24.3 Å². The molecular formula is C16H15NO2. The van der Waals surface area contributed by atoms with Gasteiger partial charge in [0.25, 0.3) is 5.91 Å². The van der Waals surface area contributed by atoms with Crippen LogP contribution in [0.15, 0.2) is 48.5 Å². The fraction of sp³-hybridized carbons (Fsp3) is 0.188. The van der Waals surface area contributed by atoms with E-state index in [0.717, 1.165) is 12.1 Å². The predicted octanol–water partition coefficient (Wildman–Crippen LogP) is 2.98. The molecule has 1 amide bonds. The largest absolute Gasteiger partial charge is 0.508 e. The van der Waals surface area contributed by atoms with Gasteiger partial charge < -0.3 is 10.0 Å². The third-order valence-electron chi connectivity index (χ3n) is 3.54. The zero-order valence-electron chi connectivity index (χ0n) is 10.7. The average Bonchev–Trinajstić information content (AvgIpc) is 2.74. The van der Waals surface area contributed by atoms with Crippen molar-refractivity contribution < 1.29 is 9.90 Å². The summed E-state index contributed by atoms with van der Waals surface area (Å²) in [6, 6.07) is 14.6. The van der Waals surface area contributed by atoms with Crippen LogP contribution in [-0.2, 0) is 6.42 Å². The normalized spacial score (nSPS) is 17.3. The quantitative estimate of drug-likeness (QED) is 0.848. The Kier molecular flexibility index (Phi) is 2.75. The van der Waals surface area contributed by atoms with Crippen molar-refractivity contribution in [2.24, 2.45) is 0 Å². The maximum atomic E-state index is 12.6. The molecule has 3 nitrogen and oxygen atoms in total. The van der Waals surface area contributed by atoms with E-state index in [2.05, 4.69) is 13.0 Å². The van der Waals surface area contributed by atoms with E-state index in [-0.39, 0.29) is 17.7 Å². The SMILES string of the molecule is CC1Cc2ccccc2N1C(=O)c1ccc(O)cc1. The number of anilines is 1. The number of fused-ring (bicyclic) bond motifs is 1. The molecule has 2 aromatic carbocycles. The van der Waals surface area contributed by atoms with E-state index >= 15 is 0 Å². The van der Waals surface area contributed by atoms with Gasteiger partial charge in [-0.1, -0.05) is 18.2 Å². The van der Waals surface area contributed by atoms with Crippen molar-refractivity contribution in [2.45, 2.75) is 19.4 Å². The van der Waals surface area contributed by atoms with Crippen molar-refractivity contribution in [3.05, 3.63) is 59.7 Å². The van der Waals surface area contributed by atoms with Crippen molar-refractivity contribution in [1.29, 1.82) is 0 Å². The van der Waals surface area contributed by atoms with Gasteiger partial charge in [0.05, 0.1) is 0 Å². The van der Waals surface area contributed by atoms with Gasteiger partial charge in [-0.2, -0.15) is 0 Å². The van der Waals surface area contributed by atoms with Gasteiger partial charge in [-0.25, -0.2) is 0 Å². The monoisotopic (exact) mass is 253 g/mol. The van der Waals surface area contributed by atoms with Crippen LogP contribution in [-0.4, -0.2) is 17.1 Å². The van der Waals surface area contributed by atoms with E-state index in [9.17, 15) is 9.90 Å².